The fraction of sp³-hybridized carbons (Fsp3) is 0.512. The Morgan fingerprint density at radius 1 is 0.660 bits per heavy atom. The molecule has 3 aromatic rings. The van der Waals surface area contributed by atoms with Gasteiger partial charge in [-0.1, -0.05) is 72.8 Å². The van der Waals surface area contributed by atoms with E-state index in [-0.39, 0.29) is 38.1 Å². The predicted molar refractivity (Wildman–Crippen MR) is 208 cm³/mol. The van der Waals surface area contributed by atoms with Crippen LogP contribution in [0.25, 0.3) is 0 Å². The van der Waals surface area contributed by atoms with Gasteiger partial charge >= 0.3 is 18.0 Å². The number of urea groups is 1. The van der Waals surface area contributed by atoms with E-state index in [0.717, 1.165) is 16.7 Å². The molecule has 3 rings (SSSR count). The first-order valence-corrected chi connectivity index (χ1v) is 18.5. The Hall–Kier alpha value is -4.41. The summed E-state index contributed by atoms with van der Waals surface area (Å²) in [6, 6.07) is 25.9. The third-order valence-electron chi connectivity index (χ3n) is 7.81. The molecule has 0 saturated heterocycles. The number of hydrogen-bond acceptors (Lipinski definition) is 8. The maximum atomic E-state index is 14.2. The number of aliphatic hydroxyl groups is 1. The summed E-state index contributed by atoms with van der Waals surface area (Å²) in [6.07, 6.45) is 0.445. The van der Waals surface area contributed by atoms with Crippen LogP contribution in [-0.2, 0) is 38.6 Å². The molecule has 2 amide bonds. The summed E-state index contributed by atoms with van der Waals surface area (Å²) >= 11 is 0. The van der Waals surface area contributed by atoms with Crippen LogP contribution in [0.1, 0.15) is 85.4 Å². The minimum absolute atomic E-state index is 0.000698. The van der Waals surface area contributed by atoms with E-state index in [1.54, 1.807) is 20.8 Å². The highest BCUT2D eigenvalue weighted by atomic mass is 16.6. The van der Waals surface area contributed by atoms with Crippen LogP contribution in [0.2, 0.25) is 0 Å². The zero-order valence-electron chi connectivity index (χ0n) is 33.2. The van der Waals surface area contributed by atoms with Gasteiger partial charge < -0.3 is 29.5 Å². The van der Waals surface area contributed by atoms with Gasteiger partial charge in [0.2, 0.25) is 0 Å². The monoisotopic (exact) mass is 731 g/mol. The Balaban J connectivity index is 1.93. The van der Waals surface area contributed by atoms with Gasteiger partial charge in [0, 0.05) is 45.8 Å². The maximum absolute atomic E-state index is 14.2. The number of aliphatic hydroxyl groups excluding tert-OH is 1. The summed E-state index contributed by atoms with van der Waals surface area (Å²) in [7, 11) is 0. The molecule has 0 heterocycles. The van der Waals surface area contributed by atoms with Crippen molar-refractivity contribution in [3.8, 4) is 5.75 Å². The van der Waals surface area contributed by atoms with Gasteiger partial charge in [0.1, 0.15) is 28.6 Å². The molecule has 0 aromatic heterocycles. The molecule has 0 spiro atoms. The molecule has 0 aliphatic heterocycles. The van der Waals surface area contributed by atoms with Crippen molar-refractivity contribution in [2.24, 2.45) is 5.92 Å². The van der Waals surface area contributed by atoms with Gasteiger partial charge in [0.15, 0.2) is 0 Å². The predicted octanol–water partition coefficient (Wildman–Crippen LogP) is 7.17. The Labute approximate surface area is 316 Å². The lowest BCUT2D eigenvalue weighted by atomic mass is 10.0. The Kier molecular flexibility index (Phi) is 15.9. The molecule has 53 heavy (non-hydrogen) atoms. The van der Waals surface area contributed by atoms with Crippen molar-refractivity contribution in [3.63, 3.8) is 0 Å². The maximum Gasteiger partial charge on any atom is 0.329 e. The fourth-order valence-electron chi connectivity index (χ4n) is 5.66. The summed E-state index contributed by atoms with van der Waals surface area (Å²) < 4.78 is 17.6. The third kappa shape index (κ3) is 16.9. The zero-order chi connectivity index (χ0) is 39.2. The molecule has 0 saturated carbocycles. The first-order valence-electron chi connectivity index (χ1n) is 18.5. The van der Waals surface area contributed by atoms with Crippen LogP contribution in [0.4, 0.5) is 4.79 Å². The third-order valence-corrected chi connectivity index (χ3v) is 7.81. The van der Waals surface area contributed by atoms with Crippen molar-refractivity contribution < 1.29 is 33.7 Å². The molecule has 0 aliphatic rings. The number of ether oxygens (including phenoxy) is 3. The second-order valence-electron chi connectivity index (χ2n) is 16.5. The lowest BCUT2D eigenvalue weighted by molar-refractivity contribution is -0.161. The quantitative estimate of drug-likeness (QED) is 0.140. The number of nitrogens with zero attached hydrogens (tertiary/aromatic N) is 2. The van der Waals surface area contributed by atoms with Crippen molar-refractivity contribution in [2.75, 3.05) is 26.2 Å². The summed E-state index contributed by atoms with van der Waals surface area (Å²) in [5.74, 6) is -1.08. The lowest BCUT2D eigenvalue weighted by Crippen LogP contribution is -2.53. The van der Waals surface area contributed by atoms with E-state index in [1.807, 2.05) is 126 Å². The summed E-state index contributed by atoms with van der Waals surface area (Å²) in [5, 5.41) is 12.7. The van der Waals surface area contributed by atoms with Crippen molar-refractivity contribution in [2.45, 2.75) is 111 Å². The van der Waals surface area contributed by atoms with E-state index in [0.29, 0.717) is 25.4 Å². The van der Waals surface area contributed by atoms with Crippen LogP contribution in [-0.4, -0.2) is 82.0 Å². The number of benzene rings is 3. The number of rotatable bonds is 17. The molecule has 0 fully saturated rings. The van der Waals surface area contributed by atoms with Gasteiger partial charge in [-0.3, -0.25) is 9.69 Å². The smallest absolute Gasteiger partial charge is 0.329 e. The first kappa shape index (κ1) is 43.0. The van der Waals surface area contributed by atoms with E-state index in [4.69, 9.17) is 14.2 Å². The topological polar surface area (TPSA) is 118 Å². The molecule has 290 valence electrons. The average molecular weight is 732 g/mol. The molecule has 0 unspecified atom stereocenters. The second kappa shape index (κ2) is 19.6. The fourth-order valence-corrected chi connectivity index (χ4v) is 5.66. The molecule has 0 bridgehead atoms. The van der Waals surface area contributed by atoms with Crippen molar-refractivity contribution in [1.29, 1.82) is 0 Å². The highest BCUT2D eigenvalue weighted by Gasteiger charge is 2.33. The highest BCUT2D eigenvalue weighted by Crippen LogP contribution is 2.21. The molecule has 3 aromatic carbocycles. The molecular weight excluding hydrogens is 670 g/mol. The van der Waals surface area contributed by atoms with Crippen molar-refractivity contribution >= 4 is 18.0 Å². The van der Waals surface area contributed by atoms with Gasteiger partial charge in [-0.05, 0) is 97.6 Å². The number of nitrogens with one attached hydrogen (secondary N) is 1. The summed E-state index contributed by atoms with van der Waals surface area (Å²) in [4.78, 5) is 45.4. The normalized spacial score (nSPS) is 13.2. The number of carbonyl (C=O) groups excluding carboxylic acids is 3. The van der Waals surface area contributed by atoms with Crippen LogP contribution in [0.5, 0.6) is 5.75 Å². The molecule has 10 heteroatoms. The number of carbonyl (C=O) groups is 3. The SMILES string of the molecule is CC(C)(C)OC(=O)[C@H](CN(Cc1ccccc1)Cc1ccccc1)CN(CCCO)C(=O)N[C@@H](Cc1ccc(OC(C)(C)C)cc1)C(=O)OC(C)(C)C. The van der Waals surface area contributed by atoms with Crippen LogP contribution < -0.4 is 10.1 Å². The van der Waals surface area contributed by atoms with Gasteiger partial charge in [0.05, 0.1) is 5.92 Å². The van der Waals surface area contributed by atoms with E-state index < -0.39 is 41.1 Å². The Morgan fingerprint density at radius 2 is 1.17 bits per heavy atom. The Morgan fingerprint density at radius 3 is 1.64 bits per heavy atom. The molecular formula is C43H61N3O7. The van der Waals surface area contributed by atoms with Crippen molar-refractivity contribution in [3.05, 3.63) is 102 Å². The molecule has 0 aliphatic carbocycles. The van der Waals surface area contributed by atoms with Gasteiger partial charge in [-0.15, -0.1) is 0 Å². The second-order valence-corrected chi connectivity index (χ2v) is 16.5. The van der Waals surface area contributed by atoms with E-state index in [9.17, 15) is 19.5 Å². The first-order chi connectivity index (χ1) is 24.8. The Bertz CT molecular complexity index is 1520. The molecule has 2 N–H and O–H groups in total. The highest BCUT2D eigenvalue weighted by molar-refractivity contribution is 5.84. The van der Waals surface area contributed by atoms with Crippen LogP contribution in [0.15, 0.2) is 84.9 Å². The van der Waals surface area contributed by atoms with E-state index >= 15 is 0 Å². The number of amides is 2. The lowest BCUT2D eigenvalue weighted by Gasteiger charge is -2.33. The van der Waals surface area contributed by atoms with E-state index in [2.05, 4.69) is 10.2 Å². The molecule has 0 radical (unpaired) electrons. The summed E-state index contributed by atoms with van der Waals surface area (Å²) in [5.41, 5.74) is 1.05. The van der Waals surface area contributed by atoms with Crippen LogP contribution in [0.3, 0.4) is 0 Å². The molecule has 2 atom stereocenters. The summed E-state index contributed by atoms with van der Waals surface area (Å²) in [6.45, 7) is 18.1. The molecule has 10 nitrogen and oxygen atoms in total. The number of esters is 2. The van der Waals surface area contributed by atoms with Crippen molar-refractivity contribution in [1.82, 2.24) is 15.1 Å². The van der Waals surface area contributed by atoms with Crippen LogP contribution >= 0.6 is 0 Å². The largest absolute Gasteiger partial charge is 0.488 e. The average Bonchev–Trinajstić information content (AvgIpc) is 3.05. The van der Waals surface area contributed by atoms with E-state index in [1.165, 1.54) is 4.90 Å². The van der Waals surface area contributed by atoms with Gasteiger partial charge in [-0.25, -0.2) is 9.59 Å². The minimum atomic E-state index is -1.03. The standard InChI is InChI=1S/C43H61N3O7/c1-41(2,3)51-36-23-21-32(22-24-36)27-37(39(49)53-43(7,8)9)44-40(50)46(25-16-26-47)31-35(38(48)52-42(4,5)6)30-45(28-33-17-12-10-13-18-33)29-34-19-14-11-15-20-34/h10-15,17-24,35,37,47H,16,25-31H2,1-9H3,(H,44,50)/t35-,37+/m1/s1. The van der Waals surface area contributed by atoms with Gasteiger partial charge in [0.25, 0.3) is 0 Å². The van der Waals surface area contributed by atoms with Crippen LogP contribution in [0, 0.1) is 5.92 Å². The minimum Gasteiger partial charge on any atom is -0.488 e. The van der Waals surface area contributed by atoms with Gasteiger partial charge in [-0.2, -0.15) is 0 Å². The zero-order valence-corrected chi connectivity index (χ0v) is 33.2. The number of hydrogen-bond donors (Lipinski definition) is 2.